The number of unbranched alkanes of at least 4 members (excludes halogenated alkanes) is 32. The molecular weight excluding hydrogens is 1100 g/mol. The molecule has 83 heavy (non-hydrogen) atoms. The summed E-state index contributed by atoms with van der Waals surface area (Å²) in [4.78, 5) is 72.2. The summed E-state index contributed by atoms with van der Waals surface area (Å²) in [6.07, 6.45) is 39.0. The van der Waals surface area contributed by atoms with Crippen molar-refractivity contribution in [1.29, 1.82) is 0 Å². The molecule has 0 amide bonds. The number of aliphatic hydroxyl groups excluding tert-OH is 1. The number of hydrogen-bond donors (Lipinski definition) is 3. The van der Waals surface area contributed by atoms with Crippen molar-refractivity contribution in [3.05, 3.63) is 0 Å². The molecule has 0 heterocycles. The van der Waals surface area contributed by atoms with Gasteiger partial charge < -0.3 is 33.8 Å². The van der Waals surface area contributed by atoms with Crippen molar-refractivity contribution in [3.8, 4) is 0 Å². The zero-order chi connectivity index (χ0) is 61.5. The maximum Gasteiger partial charge on any atom is 0.472 e. The van der Waals surface area contributed by atoms with Gasteiger partial charge in [0.2, 0.25) is 0 Å². The lowest BCUT2D eigenvalue weighted by molar-refractivity contribution is -0.161. The first kappa shape index (κ1) is 81.1. The highest BCUT2D eigenvalue weighted by atomic mass is 31.2. The van der Waals surface area contributed by atoms with Crippen LogP contribution >= 0.6 is 15.6 Å². The fourth-order valence-electron chi connectivity index (χ4n) is 9.50. The minimum atomic E-state index is -4.94. The molecule has 0 rings (SSSR count). The van der Waals surface area contributed by atoms with E-state index in [2.05, 4.69) is 41.5 Å². The number of phosphoric acid groups is 2. The van der Waals surface area contributed by atoms with Gasteiger partial charge in [-0.15, -0.1) is 0 Å². The molecule has 0 saturated heterocycles. The van der Waals surface area contributed by atoms with E-state index < -0.39 is 97.5 Å². The summed E-state index contributed by atoms with van der Waals surface area (Å²) in [6.45, 7) is 9.39. The van der Waals surface area contributed by atoms with Gasteiger partial charge in [0.15, 0.2) is 12.2 Å². The number of carbonyl (C=O) groups excluding carboxylic acids is 4. The minimum Gasteiger partial charge on any atom is -0.462 e. The van der Waals surface area contributed by atoms with Crippen LogP contribution in [-0.4, -0.2) is 96.7 Å². The standard InChI is InChI=1S/C64H124O17P2/c1-7-10-12-14-16-18-19-20-21-23-29-36-42-48-63(68)80-59(52-75-62(67)47-41-35-28-25-24-26-33-39-45-57(6)9-3)54-78-82(70,71)76-50-58(65)51-77-83(72,73)79-55-60(81-64(69)49-43-37-31-30-32-38-44-56(4)5)53-74-61(66)46-40-34-27-22-17-15-13-11-8-2/h56-60,65H,7-55H2,1-6H3,(H,70,71)(H,72,73)/t57?,58-,59-,60-/m1/s1. The van der Waals surface area contributed by atoms with Crippen molar-refractivity contribution in [2.24, 2.45) is 11.8 Å². The second kappa shape index (κ2) is 56.6. The average Bonchev–Trinajstić information content (AvgIpc) is 3.46. The Morgan fingerprint density at radius 3 is 0.916 bits per heavy atom. The van der Waals surface area contributed by atoms with E-state index >= 15 is 0 Å². The Hall–Kier alpha value is -1.94. The Kier molecular flexibility index (Phi) is 55.2. The lowest BCUT2D eigenvalue weighted by Crippen LogP contribution is -2.30. The second-order valence-corrected chi connectivity index (χ2v) is 26.8. The second-order valence-electron chi connectivity index (χ2n) is 23.9. The molecule has 0 aliphatic rings. The summed E-state index contributed by atoms with van der Waals surface area (Å²) >= 11 is 0. The Morgan fingerprint density at radius 2 is 0.614 bits per heavy atom. The third-order valence-electron chi connectivity index (χ3n) is 15.1. The van der Waals surface area contributed by atoms with E-state index in [1.54, 1.807) is 0 Å². The van der Waals surface area contributed by atoms with Crippen LogP contribution in [0.2, 0.25) is 0 Å². The molecule has 0 radical (unpaired) electrons. The molecule has 17 nitrogen and oxygen atoms in total. The quantitative estimate of drug-likeness (QED) is 0.0222. The zero-order valence-corrected chi connectivity index (χ0v) is 55.3. The maximum absolute atomic E-state index is 13.0. The Morgan fingerprint density at radius 1 is 0.349 bits per heavy atom. The number of rotatable bonds is 63. The highest BCUT2D eigenvalue weighted by Crippen LogP contribution is 2.45. The van der Waals surface area contributed by atoms with Crippen molar-refractivity contribution >= 4 is 39.5 Å². The van der Waals surface area contributed by atoms with Crippen LogP contribution in [0.3, 0.4) is 0 Å². The molecule has 0 spiro atoms. The number of ether oxygens (including phenoxy) is 4. The normalized spacial score (nSPS) is 14.6. The molecule has 0 aromatic carbocycles. The molecule has 0 aromatic heterocycles. The van der Waals surface area contributed by atoms with Gasteiger partial charge in [-0.3, -0.25) is 37.3 Å². The van der Waals surface area contributed by atoms with Gasteiger partial charge >= 0.3 is 39.5 Å². The largest absolute Gasteiger partial charge is 0.472 e. The van der Waals surface area contributed by atoms with Crippen LogP contribution in [0, 0.1) is 11.8 Å². The van der Waals surface area contributed by atoms with Crippen molar-refractivity contribution < 1.29 is 80.2 Å². The first-order valence-electron chi connectivity index (χ1n) is 33.5. The van der Waals surface area contributed by atoms with E-state index in [-0.39, 0.29) is 25.7 Å². The molecule has 3 N–H and O–H groups in total. The minimum absolute atomic E-state index is 0.102. The monoisotopic (exact) mass is 1230 g/mol. The highest BCUT2D eigenvalue weighted by Gasteiger charge is 2.30. The first-order chi connectivity index (χ1) is 39.9. The van der Waals surface area contributed by atoms with Crippen molar-refractivity contribution in [1.82, 2.24) is 0 Å². The van der Waals surface area contributed by atoms with Crippen LogP contribution in [0.25, 0.3) is 0 Å². The van der Waals surface area contributed by atoms with Gasteiger partial charge in [-0.1, -0.05) is 266 Å². The number of hydrogen-bond acceptors (Lipinski definition) is 15. The van der Waals surface area contributed by atoms with Crippen LogP contribution in [-0.2, 0) is 65.4 Å². The maximum atomic E-state index is 13.0. The number of carbonyl (C=O) groups is 4. The average molecular weight is 1230 g/mol. The Bertz CT molecular complexity index is 1630. The molecule has 19 heteroatoms. The van der Waals surface area contributed by atoms with E-state index in [9.17, 15) is 43.2 Å². The third-order valence-corrected chi connectivity index (χ3v) is 17.0. The topological polar surface area (TPSA) is 237 Å². The molecule has 492 valence electrons. The van der Waals surface area contributed by atoms with Crippen LogP contribution in [0.15, 0.2) is 0 Å². The SMILES string of the molecule is CCCCCCCCCCCCCCCC(=O)O[C@H](COC(=O)CCCCCCCCCCC(C)CC)COP(=O)(O)OC[C@@H](O)COP(=O)(O)OC[C@@H](COC(=O)CCCCCCCCCCC)OC(=O)CCCCCCCCC(C)C. The molecule has 0 aliphatic carbocycles. The van der Waals surface area contributed by atoms with E-state index in [0.29, 0.717) is 31.6 Å². The fraction of sp³-hybridized carbons (Fsp3) is 0.938. The molecular formula is C64H124O17P2. The molecule has 0 bridgehead atoms. The summed E-state index contributed by atoms with van der Waals surface area (Å²) in [5.74, 6) is -0.690. The van der Waals surface area contributed by atoms with Crippen molar-refractivity contribution in [2.75, 3.05) is 39.6 Å². The van der Waals surface area contributed by atoms with Gasteiger partial charge in [0.25, 0.3) is 0 Å². The molecule has 0 aliphatic heterocycles. The van der Waals surface area contributed by atoms with Gasteiger partial charge in [0.05, 0.1) is 26.4 Å². The number of phosphoric ester groups is 2. The highest BCUT2D eigenvalue weighted by molar-refractivity contribution is 7.47. The van der Waals surface area contributed by atoms with E-state index in [1.807, 2.05) is 0 Å². The fourth-order valence-corrected chi connectivity index (χ4v) is 11.1. The number of aliphatic hydroxyl groups is 1. The molecule has 0 fully saturated rings. The smallest absolute Gasteiger partial charge is 0.462 e. The predicted octanol–water partition coefficient (Wildman–Crippen LogP) is 17.7. The Labute approximate surface area is 505 Å². The predicted molar refractivity (Wildman–Crippen MR) is 331 cm³/mol. The molecule has 6 atom stereocenters. The van der Waals surface area contributed by atoms with Crippen LogP contribution in [0.4, 0.5) is 0 Å². The number of esters is 4. The van der Waals surface area contributed by atoms with Gasteiger partial charge in [0.1, 0.15) is 19.3 Å². The summed E-state index contributed by atoms with van der Waals surface area (Å²) in [5.41, 5.74) is 0. The third kappa shape index (κ3) is 57.6. The zero-order valence-electron chi connectivity index (χ0n) is 53.5. The summed E-state index contributed by atoms with van der Waals surface area (Å²) in [6, 6.07) is 0. The van der Waals surface area contributed by atoms with Gasteiger partial charge in [-0.05, 0) is 37.5 Å². The summed E-state index contributed by atoms with van der Waals surface area (Å²) in [5, 5.41) is 10.5. The molecule has 0 aromatic rings. The van der Waals surface area contributed by atoms with Gasteiger partial charge in [-0.25, -0.2) is 9.13 Å². The summed E-state index contributed by atoms with van der Waals surface area (Å²) < 4.78 is 67.9. The van der Waals surface area contributed by atoms with Crippen LogP contribution in [0.5, 0.6) is 0 Å². The van der Waals surface area contributed by atoms with E-state index in [1.165, 1.54) is 135 Å². The van der Waals surface area contributed by atoms with Gasteiger partial charge in [-0.2, -0.15) is 0 Å². The van der Waals surface area contributed by atoms with E-state index in [4.69, 9.17) is 37.0 Å². The lowest BCUT2D eigenvalue weighted by Gasteiger charge is -2.21. The van der Waals surface area contributed by atoms with Gasteiger partial charge in [0, 0.05) is 25.7 Å². The van der Waals surface area contributed by atoms with Crippen LogP contribution < -0.4 is 0 Å². The van der Waals surface area contributed by atoms with Crippen LogP contribution in [0.1, 0.15) is 318 Å². The Balaban J connectivity index is 5.24. The molecule has 3 unspecified atom stereocenters. The lowest BCUT2D eigenvalue weighted by atomic mass is 9.99. The van der Waals surface area contributed by atoms with Crippen molar-refractivity contribution in [2.45, 2.75) is 336 Å². The first-order valence-corrected chi connectivity index (χ1v) is 36.5. The van der Waals surface area contributed by atoms with E-state index in [0.717, 1.165) is 95.8 Å². The summed E-state index contributed by atoms with van der Waals surface area (Å²) in [7, 11) is -9.88. The molecule has 0 saturated carbocycles. The van der Waals surface area contributed by atoms with Crippen molar-refractivity contribution in [3.63, 3.8) is 0 Å².